The third kappa shape index (κ3) is 3.60. The van der Waals surface area contributed by atoms with Crippen LogP contribution in [0.5, 0.6) is 11.5 Å². The predicted molar refractivity (Wildman–Crippen MR) is 112 cm³/mol. The fourth-order valence-electron chi connectivity index (χ4n) is 4.43. The molecule has 0 radical (unpaired) electrons. The zero-order valence-corrected chi connectivity index (χ0v) is 17.1. The summed E-state index contributed by atoms with van der Waals surface area (Å²) in [5.41, 5.74) is 2.56. The number of aromatic nitrogens is 2. The van der Waals surface area contributed by atoms with E-state index in [1.165, 1.54) is 30.4 Å². The van der Waals surface area contributed by atoms with Gasteiger partial charge in [0.05, 0.1) is 14.2 Å². The largest absolute Gasteiger partial charge is 0.493 e. The summed E-state index contributed by atoms with van der Waals surface area (Å²) in [5, 5.41) is 0. The maximum absolute atomic E-state index is 5.48. The molecule has 6 heteroatoms. The minimum atomic E-state index is 0.593. The van der Waals surface area contributed by atoms with Gasteiger partial charge in [0.2, 0.25) is 5.95 Å². The monoisotopic (exact) mass is 382 g/mol. The zero-order chi connectivity index (χ0) is 19.5. The lowest BCUT2D eigenvalue weighted by Crippen LogP contribution is -2.40. The highest BCUT2D eigenvalue weighted by Gasteiger charge is 2.25. The molecule has 0 bridgehead atoms. The molecule has 1 saturated heterocycles. The van der Waals surface area contributed by atoms with Crippen LogP contribution in [0.4, 0.5) is 11.8 Å². The van der Waals surface area contributed by atoms with Gasteiger partial charge in [0, 0.05) is 31.9 Å². The lowest BCUT2D eigenvalue weighted by atomic mass is 9.99. The van der Waals surface area contributed by atoms with Gasteiger partial charge in [-0.3, -0.25) is 0 Å². The summed E-state index contributed by atoms with van der Waals surface area (Å²) in [6.45, 7) is 5.06. The fourth-order valence-corrected chi connectivity index (χ4v) is 4.43. The van der Waals surface area contributed by atoms with Crippen LogP contribution in [0, 0.1) is 0 Å². The topological polar surface area (TPSA) is 50.7 Å². The van der Waals surface area contributed by atoms with Crippen molar-refractivity contribution in [3.8, 4) is 11.5 Å². The zero-order valence-electron chi connectivity index (χ0n) is 17.1. The van der Waals surface area contributed by atoms with Crippen molar-refractivity contribution in [3.05, 3.63) is 35.5 Å². The molecule has 2 aliphatic rings. The van der Waals surface area contributed by atoms with Crippen LogP contribution in [-0.4, -0.2) is 43.3 Å². The molecule has 1 aromatic heterocycles. The molecule has 0 saturated carbocycles. The van der Waals surface area contributed by atoms with E-state index in [2.05, 4.69) is 39.9 Å². The third-order valence-electron chi connectivity index (χ3n) is 6.02. The molecule has 1 unspecified atom stereocenters. The van der Waals surface area contributed by atoms with E-state index in [-0.39, 0.29) is 0 Å². The van der Waals surface area contributed by atoms with Gasteiger partial charge in [-0.2, -0.15) is 4.98 Å². The molecule has 3 heterocycles. The van der Waals surface area contributed by atoms with Crippen LogP contribution in [0.15, 0.2) is 24.4 Å². The number of rotatable bonds is 5. The molecule has 6 nitrogen and oxygen atoms in total. The Hall–Kier alpha value is -2.50. The number of nitrogens with zero attached hydrogens (tertiary/aromatic N) is 4. The lowest BCUT2D eigenvalue weighted by molar-refractivity contribution is 0.353. The number of benzene rings is 1. The van der Waals surface area contributed by atoms with Crippen molar-refractivity contribution in [2.24, 2.45) is 0 Å². The Balaban J connectivity index is 1.57. The van der Waals surface area contributed by atoms with Crippen LogP contribution >= 0.6 is 0 Å². The smallest absolute Gasteiger partial charge is 0.227 e. The number of hydrogen-bond donors (Lipinski definition) is 0. The highest BCUT2D eigenvalue weighted by atomic mass is 16.5. The Morgan fingerprint density at radius 2 is 1.86 bits per heavy atom. The Morgan fingerprint density at radius 1 is 1.07 bits per heavy atom. The maximum Gasteiger partial charge on any atom is 0.227 e. The van der Waals surface area contributed by atoms with Crippen molar-refractivity contribution in [2.45, 2.75) is 51.6 Å². The van der Waals surface area contributed by atoms with Crippen molar-refractivity contribution >= 4 is 11.8 Å². The van der Waals surface area contributed by atoms with Gasteiger partial charge in [0.25, 0.3) is 0 Å². The summed E-state index contributed by atoms with van der Waals surface area (Å²) in [6.07, 6.45) is 7.84. The molecule has 0 amide bonds. The van der Waals surface area contributed by atoms with E-state index in [1.807, 2.05) is 6.20 Å². The molecule has 28 heavy (non-hydrogen) atoms. The molecule has 0 aliphatic carbocycles. The van der Waals surface area contributed by atoms with Crippen molar-refractivity contribution in [2.75, 3.05) is 37.1 Å². The van der Waals surface area contributed by atoms with Gasteiger partial charge in [0.1, 0.15) is 5.82 Å². The number of ether oxygens (including phenoxy) is 2. The number of hydrogen-bond acceptors (Lipinski definition) is 6. The van der Waals surface area contributed by atoms with Gasteiger partial charge in [0.15, 0.2) is 11.5 Å². The van der Waals surface area contributed by atoms with E-state index in [1.54, 1.807) is 14.2 Å². The van der Waals surface area contributed by atoms with Gasteiger partial charge in [-0.25, -0.2) is 4.98 Å². The molecule has 1 aromatic carbocycles. The highest BCUT2D eigenvalue weighted by Crippen LogP contribution is 2.34. The second kappa shape index (κ2) is 8.25. The molecule has 4 rings (SSSR count). The predicted octanol–water partition coefficient (Wildman–Crippen LogP) is 3.83. The summed E-state index contributed by atoms with van der Waals surface area (Å²) < 4.78 is 10.9. The van der Waals surface area contributed by atoms with Crippen molar-refractivity contribution < 1.29 is 9.47 Å². The first-order valence-electron chi connectivity index (χ1n) is 10.3. The van der Waals surface area contributed by atoms with E-state index in [4.69, 9.17) is 14.5 Å². The van der Waals surface area contributed by atoms with Crippen molar-refractivity contribution in [3.63, 3.8) is 0 Å². The summed E-state index contributed by atoms with van der Waals surface area (Å²) in [7, 11) is 3.36. The van der Waals surface area contributed by atoms with Gasteiger partial charge in [-0.1, -0.05) is 6.92 Å². The third-order valence-corrected chi connectivity index (χ3v) is 6.02. The van der Waals surface area contributed by atoms with Crippen LogP contribution in [0.2, 0.25) is 0 Å². The van der Waals surface area contributed by atoms with E-state index in [9.17, 15) is 0 Å². The standard InChI is InChI=1S/C22H30N4O2/c1-4-18-7-5-6-11-26(18)21-8-10-23-22(24-21)25-12-9-16-13-19(27-2)20(28-3)14-17(16)15-25/h8,10,13-14,18H,4-7,9,11-12,15H2,1-3H3. The van der Waals surface area contributed by atoms with Crippen molar-refractivity contribution in [1.82, 2.24) is 9.97 Å². The molecular formula is C22H30N4O2. The Bertz CT molecular complexity index is 826. The maximum atomic E-state index is 5.48. The van der Waals surface area contributed by atoms with Gasteiger partial charge < -0.3 is 19.3 Å². The molecule has 0 N–H and O–H groups in total. The quantitative estimate of drug-likeness (QED) is 0.783. The van der Waals surface area contributed by atoms with Crippen LogP contribution in [0.25, 0.3) is 0 Å². The van der Waals surface area contributed by atoms with Crippen LogP contribution < -0.4 is 19.3 Å². The Labute approximate surface area is 167 Å². The van der Waals surface area contributed by atoms with E-state index >= 15 is 0 Å². The number of fused-ring (bicyclic) bond motifs is 1. The first-order chi connectivity index (χ1) is 13.7. The number of piperidine rings is 1. The average Bonchev–Trinajstić information content (AvgIpc) is 2.77. The number of methoxy groups -OCH3 is 2. The molecule has 150 valence electrons. The average molecular weight is 383 g/mol. The molecule has 2 aromatic rings. The molecule has 1 atom stereocenters. The minimum Gasteiger partial charge on any atom is -0.493 e. The summed E-state index contributed by atoms with van der Waals surface area (Å²) in [6, 6.07) is 6.84. The molecule has 0 spiro atoms. The first kappa shape index (κ1) is 18.8. The molecular weight excluding hydrogens is 352 g/mol. The number of anilines is 2. The minimum absolute atomic E-state index is 0.593. The van der Waals surface area contributed by atoms with Crippen LogP contribution in [-0.2, 0) is 13.0 Å². The lowest BCUT2D eigenvalue weighted by Gasteiger charge is -2.37. The highest BCUT2D eigenvalue weighted by molar-refractivity contribution is 5.52. The summed E-state index contributed by atoms with van der Waals surface area (Å²) in [4.78, 5) is 14.3. The van der Waals surface area contributed by atoms with E-state index in [0.29, 0.717) is 6.04 Å². The van der Waals surface area contributed by atoms with E-state index < -0.39 is 0 Å². The first-order valence-corrected chi connectivity index (χ1v) is 10.3. The Morgan fingerprint density at radius 3 is 2.61 bits per heavy atom. The van der Waals surface area contributed by atoms with Crippen molar-refractivity contribution in [1.29, 1.82) is 0 Å². The normalized spacial score (nSPS) is 19.3. The van der Waals surface area contributed by atoms with Crippen LogP contribution in [0.3, 0.4) is 0 Å². The van der Waals surface area contributed by atoms with Crippen LogP contribution in [0.1, 0.15) is 43.7 Å². The SMILES string of the molecule is CCC1CCCCN1c1ccnc(N2CCc3cc(OC)c(OC)cc3C2)n1. The second-order valence-electron chi connectivity index (χ2n) is 7.61. The summed E-state index contributed by atoms with van der Waals surface area (Å²) >= 11 is 0. The van der Waals surface area contributed by atoms with E-state index in [0.717, 1.165) is 55.7 Å². The Kier molecular flexibility index (Phi) is 5.55. The fraction of sp³-hybridized carbons (Fsp3) is 0.545. The van der Waals surface area contributed by atoms with Gasteiger partial charge >= 0.3 is 0 Å². The molecule has 1 fully saturated rings. The van der Waals surface area contributed by atoms with Gasteiger partial charge in [-0.15, -0.1) is 0 Å². The van der Waals surface area contributed by atoms with Gasteiger partial charge in [-0.05, 0) is 61.4 Å². The molecule has 2 aliphatic heterocycles. The summed E-state index contributed by atoms with van der Waals surface area (Å²) in [5.74, 6) is 3.45. The second-order valence-corrected chi connectivity index (χ2v) is 7.61.